The van der Waals surface area contributed by atoms with Gasteiger partial charge in [-0.3, -0.25) is 9.63 Å². The first-order valence-corrected chi connectivity index (χ1v) is 9.77. The van der Waals surface area contributed by atoms with Crippen LogP contribution in [0.15, 0.2) is 23.1 Å². The molecule has 0 radical (unpaired) electrons. The van der Waals surface area contributed by atoms with Crippen molar-refractivity contribution in [3.05, 3.63) is 28.8 Å². The van der Waals surface area contributed by atoms with Crippen molar-refractivity contribution in [2.24, 2.45) is 5.92 Å². The molecule has 2 rings (SSSR count). The maximum atomic E-state index is 12.3. The van der Waals surface area contributed by atoms with Crippen LogP contribution in [-0.2, 0) is 24.4 Å². The average molecular weight is 405 g/mol. The van der Waals surface area contributed by atoms with Crippen LogP contribution in [0.4, 0.5) is 0 Å². The number of sulfonamides is 1. The summed E-state index contributed by atoms with van der Waals surface area (Å²) in [5, 5.41) is 2.69. The highest BCUT2D eigenvalue weighted by Crippen LogP contribution is 2.32. The Labute approximate surface area is 157 Å². The Hall–Kier alpha value is -1.68. The van der Waals surface area contributed by atoms with Gasteiger partial charge in [0.15, 0.2) is 6.61 Å². The Bertz CT molecular complexity index is 794. The molecule has 0 unspecified atom stereocenters. The molecule has 8 nitrogen and oxygen atoms in total. The van der Waals surface area contributed by atoms with Gasteiger partial charge < -0.3 is 10.1 Å². The van der Waals surface area contributed by atoms with Crippen molar-refractivity contribution in [1.82, 2.24) is 9.79 Å². The normalized spacial score (nSPS) is 15.6. The van der Waals surface area contributed by atoms with E-state index in [1.807, 2.05) is 6.92 Å². The third-order valence-electron chi connectivity index (χ3n) is 4.09. The highest BCUT2D eigenvalue weighted by Gasteiger charge is 2.29. The average Bonchev–Trinajstić information content (AvgIpc) is 3.44. The Kier molecular flexibility index (Phi) is 6.62. The largest absolute Gasteiger partial charge is 0.452 e. The smallest absolute Gasteiger partial charge is 0.338 e. The molecule has 1 saturated carbocycles. The third-order valence-corrected chi connectivity index (χ3v) is 6.25. The molecule has 0 heterocycles. The van der Waals surface area contributed by atoms with Gasteiger partial charge in [-0.05, 0) is 43.9 Å². The second-order valence-electron chi connectivity index (χ2n) is 6.01. The molecule has 0 bridgehead atoms. The Morgan fingerprint density at radius 3 is 2.62 bits per heavy atom. The fourth-order valence-electron chi connectivity index (χ4n) is 2.29. The lowest BCUT2D eigenvalue weighted by Gasteiger charge is -2.16. The third kappa shape index (κ3) is 4.94. The zero-order chi connectivity index (χ0) is 19.5. The van der Waals surface area contributed by atoms with E-state index in [2.05, 4.69) is 10.2 Å². The van der Waals surface area contributed by atoms with E-state index in [0.29, 0.717) is 10.4 Å². The summed E-state index contributed by atoms with van der Waals surface area (Å²) in [6.07, 6.45) is 2.17. The van der Waals surface area contributed by atoms with Gasteiger partial charge in [-0.25, -0.2) is 13.2 Å². The van der Waals surface area contributed by atoms with Crippen molar-refractivity contribution in [2.45, 2.75) is 30.7 Å². The topological polar surface area (TPSA) is 102 Å². The lowest BCUT2D eigenvalue weighted by Crippen LogP contribution is -2.37. The zero-order valence-electron chi connectivity index (χ0n) is 14.7. The Balaban J connectivity index is 2.05. The maximum absolute atomic E-state index is 12.3. The first-order chi connectivity index (χ1) is 12.2. The van der Waals surface area contributed by atoms with Crippen LogP contribution in [0.5, 0.6) is 0 Å². The number of hydrogen-bond acceptors (Lipinski definition) is 6. The molecule has 0 saturated heterocycles. The quantitative estimate of drug-likeness (QED) is 0.521. The van der Waals surface area contributed by atoms with E-state index in [1.165, 1.54) is 26.3 Å². The molecule has 1 N–H and O–H groups in total. The van der Waals surface area contributed by atoms with Gasteiger partial charge in [0.1, 0.15) is 4.90 Å². The summed E-state index contributed by atoms with van der Waals surface area (Å²) in [4.78, 5) is 28.3. The monoisotopic (exact) mass is 404 g/mol. The van der Waals surface area contributed by atoms with Crippen LogP contribution in [-0.4, -0.2) is 51.6 Å². The molecule has 1 aromatic rings. The SMILES string of the molecule is CON(C)S(=O)(=O)c1cc(C(=O)OCC(=O)N[C@H](C)C2CC2)ccc1Cl. The zero-order valence-corrected chi connectivity index (χ0v) is 16.3. The van der Waals surface area contributed by atoms with Gasteiger partial charge in [-0.1, -0.05) is 16.1 Å². The minimum atomic E-state index is -4.03. The first-order valence-electron chi connectivity index (χ1n) is 7.96. The van der Waals surface area contributed by atoms with Gasteiger partial charge in [0.25, 0.3) is 15.9 Å². The van der Waals surface area contributed by atoms with Crippen LogP contribution in [0.2, 0.25) is 5.02 Å². The van der Waals surface area contributed by atoms with Gasteiger partial charge in [-0.15, -0.1) is 0 Å². The van der Waals surface area contributed by atoms with E-state index in [-0.39, 0.29) is 21.5 Å². The first kappa shape index (κ1) is 20.6. The van der Waals surface area contributed by atoms with Crippen LogP contribution < -0.4 is 5.32 Å². The number of carbonyl (C=O) groups excluding carboxylic acids is 2. The predicted octanol–water partition coefficient (Wildman–Crippen LogP) is 1.59. The number of benzene rings is 1. The number of hydroxylamine groups is 1. The predicted molar refractivity (Wildman–Crippen MR) is 94.0 cm³/mol. The van der Waals surface area contributed by atoms with E-state index in [1.54, 1.807) is 0 Å². The van der Waals surface area contributed by atoms with Crippen LogP contribution in [0, 0.1) is 5.92 Å². The number of amides is 1. The summed E-state index contributed by atoms with van der Waals surface area (Å²) in [5.74, 6) is -0.748. The standard InChI is InChI=1S/C16H21ClN2O6S/c1-10(11-4-5-11)18-15(20)9-25-16(21)12-6-7-13(17)14(8-12)26(22,23)19(2)24-3/h6-8,10-11H,4-5,9H2,1-3H3,(H,18,20)/t10-/m1/s1. The number of nitrogens with one attached hydrogen (secondary N) is 1. The van der Waals surface area contributed by atoms with Crippen LogP contribution in [0.3, 0.4) is 0 Å². The number of hydrogen-bond donors (Lipinski definition) is 1. The van der Waals surface area contributed by atoms with Crippen molar-refractivity contribution >= 4 is 33.5 Å². The van der Waals surface area contributed by atoms with E-state index in [9.17, 15) is 18.0 Å². The summed E-state index contributed by atoms with van der Waals surface area (Å²) in [7, 11) is -1.65. The molecule has 144 valence electrons. The molecule has 1 aliphatic rings. The molecule has 0 aliphatic heterocycles. The second-order valence-corrected chi connectivity index (χ2v) is 8.32. The van der Waals surface area contributed by atoms with Crippen molar-refractivity contribution < 1.29 is 27.6 Å². The van der Waals surface area contributed by atoms with Crippen LogP contribution in [0.1, 0.15) is 30.1 Å². The van der Waals surface area contributed by atoms with Crippen LogP contribution in [0.25, 0.3) is 0 Å². The summed E-state index contributed by atoms with van der Waals surface area (Å²) < 4.78 is 30.2. The van der Waals surface area contributed by atoms with Gasteiger partial charge in [0.2, 0.25) is 0 Å². The number of esters is 1. The molecule has 1 fully saturated rings. The minimum Gasteiger partial charge on any atom is -0.452 e. The molecule has 0 spiro atoms. The minimum absolute atomic E-state index is 0.0399. The second kappa shape index (κ2) is 8.34. The summed E-state index contributed by atoms with van der Waals surface area (Å²) in [6, 6.07) is 3.71. The molecule has 1 aromatic carbocycles. The summed E-state index contributed by atoms with van der Waals surface area (Å²) >= 11 is 5.93. The molecule has 10 heteroatoms. The number of nitrogens with zero attached hydrogens (tertiary/aromatic N) is 1. The fraction of sp³-hybridized carbons (Fsp3) is 0.500. The lowest BCUT2D eigenvalue weighted by molar-refractivity contribution is -0.124. The molecule has 0 aromatic heterocycles. The van der Waals surface area contributed by atoms with E-state index in [4.69, 9.17) is 16.3 Å². The van der Waals surface area contributed by atoms with Crippen molar-refractivity contribution in [1.29, 1.82) is 0 Å². The Morgan fingerprint density at radius 1 is 1.38 bits per heavy atom. The van der Waals surface area contributed by atoms with Crippen LogP contribution >= 0.6 is 11.6 Å². The van der Waals surface area contributed by atoms with Gasteiger partial charge >= 0.3 is 5.97 Å². The fourth-order valence-corrected chi connectivity index (χ4v) is 3.76. The molecule has 26 heavy (non-hydrogen) atoms. The number of ether oxygens (including phenoxy) is 1. The van der Waals surface area contributed by atoms with Crippen molar-refractivity contribution in [3.8, 4) is 0 Å². The lowest BCUT2D eigenvalue weighted by atomic mass is 10.2. The van der Waals surface area contributed by atoms with Gasteiger partial charge in [0, 0.05) is 13.1 Å². The maximum Gasteiger partial charge on any atom is 0.338 e. The van der Waals surface area contributed by atoms with E-state index < -0.39 is 28.5 Å². The molecule has 1 aliphatic carbocycles. The van der Waals surface area contributed by atoms with Crippen molar-refractivity contribution in [2.75, 3.05) is 20.8 Å². The molecular formula is C16H21ClN2O6S. The summed E-state index contributed by atoms with van der Waals surface area (Å²) in [6.45, 7) is 1.46. The number of rotatable bonds is 8. The molecule has 1 amide bonds. The molecular weight excluding hydrogens is 384 g/mol. The number of halogens is 1. The van der Waals surface area contributed by atoms with Gasteiger partial charge in [-0.2, -0.15) is 0 Å². The Morgan fingerprint density at radius 2 is 2.04 bits per heavy atom. The highest BCUT2D eigenvalue weighted by atomic mass is 35.5. The van der Waals surface area contributed by atoms with Crippen molar-refractivity contribution in [3.63, 3.8) is 0 Å². The highest BCUT2D eigenvalue weighted by molar-refractivity contribution is 7.89. The van der Waals surface area contributed by atoms with E-state index in [0.717, 1.165) is 18.9 Å². The van der Waals surface area contributed by atoms with Gasteiger partial charge in [0.05, 0.1) is 17.7 Å². The molecule has 1 atom stereocenters. The number of carbonyl (C=O) groups is 2. The summed E-state index contributed by atoms with van der Waals surface area (Å²) in [5.41, 5.74) is -0.0412. The van der Waals surface area contributed by atoms with E-state index >= 15 is 0 Å².